The predicted octanol–water partition coefficient (Wildman–Crippen LogP) is 3.07. The van der Waals surface area contributed by atoms with Gasteiger partial charge in [-0.05, 0) is 49.7 Å². The number of pyridine rings is 1. The number of aromatic nitrogens is 1. The van der Waals surface area contributed by atoms with E-state index in [2.05, 4.69) is 4.98 Å². The first-order valence-electron chi connectivity index (χ1n) is 6.79. The summed E-state index contributed by atoms with van der Waals surface area (Å²) in [5.74, 6) is 0.466. The minimum Gasteiger partial charge on any atom is -0.497 e. The zero-order valence-corrected chi connectivity index (χ0v) is 12.9. The molecule has 0 N–H and O–H groups in total. The molecular formula is C17H19NO4. The summed E-state index contributed by atoms with van der Waals surface area (Å²) in [5, 5.41) is 0. The van der Waals surface area contributed by atoms with Crippen LogP contribution in [0, 0.1) is 6.92 Å². The average molecular weight is 301 g/mol. The Balaban J connectivity index is 0.000000220. The Labute approximate surface area is 129 Å². The van der Waals surface area contributed by atoms with E-state index in [4.69, 9.17) is 9.47 Å². The number of ether oxygens (including phenoxy) is 2. The van der Waals surface area contributed by atoms with Gasteiger partial charge in [-0.2, -0.15) is 0 Å². The normalized spacial score (nSPS) is 9.23. The van der Waals surface area contributed by atoms with Crippen molar-refractivity contribution < 1.29 is 19.1 Å². The third kappa shape index (κ3) is 5.36. The first-order chi connectivity index (χ1) is 10.6. The Morgan fingerprint density at radius 1 is 1.32 bits per heavy atom. The van der Waals surface area contributed by atoms with Gasteiger partial charge in [-0.15, -0.1) is 0 Å². The number of esters is 1. The summed E-state index contributed by atoms with van der Waals surface area (Å²) >= 11 is 0. The predicted molar refractivity (Wildman–Crippen MR) is 83.3 cm³/mol. The maximum absolute atomic E-state index is 11.0. The van der Waals surface area contributed by atoms with Crippen molar-refractivity contribution in [2.45, 2.75) is 13.8 Å². The Morgan fingerprint density at radius 2 is 2.09 bits per heavy atom. The molecule has 0 atom stereocenters. The second-order valence-electron chi connectivity index (χ2n) is 4.30. The molecule has 2 rings (SSSR count). The van der Waals surface area contributed by atoms with Crippen molar-refractivity contribution >= 4 is 12.3 Å². The fourth-order valence-electron chi connectivity index (χ4n) is 1.61. The van der Waals surface area contributed by atoms with Crippen LogP contribution in [0.5, 0.6) is 5.75 Å². The number of carbonyl (C=O) groups is 2. The molecule has 1 heterocycles. The van der Waals surface area contributed by atoms with Gasteiger partial charge in [0.1, 0.15) is 12.0 Å². The molecule has 5 nitrogen and oxygen atoms in total. The molecule has 1 aromatic carbocycles. The van der Waals surface area contributed by atoms with Crippen LogP contribution in [-0.4, -0.2) is 31.0 Å². The number of aldehydes is 1. The van der Waals surface area contributed by atoms with E-state index in [0.717, 1.165) is 17.6 Å². The summed E-state index contributed by atoms with van der Waals surface area (Å²) in [4.78, 5) is 25.2. The molecule has 5 heteroatoms. The lowest BCUT2D eigenvalue weighted by Gasteiger charge is -2.01. The van der Waals surface area contributed by atoms with Crippen molar-refractivity contribution in [2.75, 3.05) is 13.7 Å². The quantitative estimate of drug-likeness (QED) is 0.641. The van der Waals surface area contributed by atoms with Gasteiger partial charge >= 0.3 is 5.97 Å². The topological polar surface area (TPSA) is 65.5 Å². The fraction of sp³-hybridized carbons (Fsp3) is 0.235. The largest absolute Gasteiger partial charge is 0.497 e. The molecule has 0 aliphatic carbocycles. The van der Waals surface area contributed by atoms with Crippen LogP contribution in [0.15, 0.2) is 42.7 Å². The minimum absolute atomic E-state index is 0.319. The molecule has 0 aliphatic rings. The lowest BCUT2D eigenvalue weighted by atomic mass is 10.1. The van der Waals surface area contributed by atoms with Crippen LogP contribution >= 0.6 is 0 Å². The van der Waals surface area contributed by atoms with Crippen LogP contribution in [0.4, 0.5) is 0 Å². The third-order valence-corrected chi connectivity index (χ3v) is 2.78. The lowest BCUT2D eigenvalue weighted by Crippen LogP contribution is -2.04. The van der Waals surface area contributed by atoms with Crippen LogP contribution in [0.25, 0.3) is 0 Å². The highest BCUT2D eigenvalue weighted by atomic mass is 16.5. The SMILES string of the molecule is CCOC(=O)c1cccnc1.COc1ccc(C=O)c(C)c1. The molecule has 0 saturated carbocycles. The number of rotatable bonds is 4. The van der Waals surface area contributed by atoms with E-state index >= 15 is 0 Å². The highest BCUT2D eigenvalue weighted by molar-refractivity contribution is 5.88. The van der Waals surface area contributed by atoms with Gasteiger partial charge in [-0.3, -0.25) is 9.78 Å². The van der Waals surface area contributed by atoms with Crippen molar-refractivity contribution in [1.29, 1.82) is 0 Å². The highest BCUT2D eigenvalue weighted by Gasteiger charge is 2.03. The van der Waals surface area contributed by atoms with Crippen LogP contribution in [-0.2, 0) is 4.74 Å². The molecule has 22 heavy (non-hydrogen) atoms. The summed E-state index contributed by atoms with van der Waals surface area (Å²) in [6, 6.07) is 8.74. The summed E-state index contributed by atoms with van der Waals surface area (Å²) < 4.78 is 9.73. The zero-order valence-electron chi connectivity index (χ0n) is 12.9. The first-order valence-corrected chi connectivity index (χ1v) is 6.79. The summed E-state index contributed by atoms with van der Waals surface area (Å²) in [7, 11) is 1.61. The summed E-state index contributed by atoms with van der Waals surface area (Å²) in [5.41, 5.74) is 2.15. The molecule has 116 valence electrons. The van der Waals surface area contributed by atoms with Gasteiger partial charge < -0.3 is 9.47 Å². The van der Waals surface area contributed by atoms with Crippen molar-refractivity contribution in [3.63, 3.8) is 0 Å². The van der Waals surface area contributed by atoms with Crippen LogP contribution < -0.4 is 4.74 Å². The average Bonchev–Trinajstić information content (AvgIpc) is 2.56. The molecule has 0 radical (unpaired) electrons. The van der Waals surface area contributed by atoms with Crippen LogP contribution in [0.3, 0.4) is 0 Å². The van der Waals surface area contributed by atoms with Gasteiger partial charge in [0.05, 0.1) is 19.3 Å². The number of carbonyl (C=O) groups excluding carboxylic acids is 2. The lowest BCUT2D eigenvalue weighted by molar-refractivity contribution is 0.0526. The molecule has 1 aromatic heterocycles. The fourth-order valence-corrected chi connectivity index (χ4v) is 1.61. The number of benzene rings is 1. The van der Waals surface area contributed by atoms with E-state index in [1.54, 1.807) is 44.5 Å². The maximum atomic E-state index is 11.0. The van der Waals surface area contributed by atoms with Crippen molar-refractivity contribution in [1.82, 2.24) is 4.98 Å². The molecule has 0 saturated heterocycles. The second kappa shape index (κ2) is 9.28. The summed E-state index contributed by atoms with van der Waals surface area (Å²) in [6.45, 7) is 4.05. The van der Waals surface area contributed by atoms with Gasteiger partial charge in [0.2, 0.25) is 0 Å². The number of aryl methyl sites for hydroxylation is 1. The van der Waals surface area contributed by atoms with Gasteiger partial charge in [-0.25, -0.2) is 4.79 Å². The van der Waals surface area contributed by atoms with Crippen molar-refractivity contribution in [3.8, 4) is 5.75 Å². The van der Waals surface area contributed by atoms with Gasteiger partial charge in [0.15, 0.2) is 0 Å². The standard InChI is InChI=1S/C9H10O2.C8H9NO2/c1-7-5-9(11-2)4-3-8(7)6-10;1-2-11-8(10)7-4-3-5-9-6-7/h3-6H,1-2H3;3-6H,2H2,1H3. The molecule has 0 aliphatic heterocycles. The number of hydrogen-bond acceptors (Lipinski definition) is 5. The van der Waals surface area contributed by atoms with E-state index in [1.807, 2.05) is 13.0 Å². The van der Waals surface area contributed by atoms with Crippen molar-refractivity contribution in [3.05, 3.63) is 59.4 Å². The van der Waals surface area contributed by atoms with Crippen LogP contribution in [0.2, 0.25) is 0 Å². The smallest absolute Gasteiger partial charge is 0.339 e. The molecule has 0 bridgehead atoms. The minimum atomic E-state index is -0.319. The molecule has 0 unspecified atom stereocenters. The Morgan fingerprint density at radius 3 is 2.59 bits per heavy atom. The zero-order chi connectivity index (χ0) is 16.4. The van der Waals surface area contributed by atoms with Gasteiger partial charge in [0.25, 0.3) is 0 Å². The van der Waals surface area contributed by atoms with E-state index < -0.39 is 0 Å². The maximum Gasteiger partial charge on any atom is 0.339 e. The number of methoxy groups -OCH3 is 1. The van der Waals surface area contributed by atoms with E-state index in [1.165, 1.54) is 6.20 Å². The van der Waals surface area contributed by atoms with E-state index in [-0.39, 0.29) is 5.97 Å². The van der Waals surface area contributed by atoms with Crippen LogP contribution in [0.1, 0.15) is 33.2 Å². The molecular weight excluding hydrogens is 282 g/mol. The molecule has 0 spiro atoms. The van der Waals surface area contributed by atoms with E-state index in [9.17, 15) is 9.59 Å². The molecule has 0 amide bonds. The van der Waals surface area contributed by atoms with Gasteiger partial charge in [-0.1, -0.05) is 0 Å². The highest BCUT2D eigenvalue weighted by Crippen LogP contribution is 2.14. The Kier molecular flexibility index (Phi) is 7.33. The van der Waals surface area contributed by atoms with Crippen molar-refractivity contribution in [2.24, 2.45) is 0 Å². The van der Waals surface area contributed by atoms with Gasteiger partial charge in [0, 0.05) is 18.0 Å². The third-order valence-electron chi connectivity index (χ3n) is 2.78. The molecule has 2 aromatic rings. The Bertz CT molecular complexity index is 611. The molecule has 0 fully saturated rings. The van der Waals surface area contributed by atoms with E-state index in [0.29, 0.717) is 17.7 Å². The monoisotopic (exact) mass is 301 g/mol. The Hall–Kier alpha value is -2.69. The number of hydrogen-bond donors (Lipinski definition) is 0. The first kappa shape index (κ1) is 17.4. The number of nitrogens with zero attached hydrogens (tertiary/aromatic N) is 1. The summed E-state index contributed by atoms with van der Waals surface area (Å²) in [6.07, 6.45) is 3.94. The second-order valence-corrected chi connectivity index (χ2v) is 4.30.